The molecule has 1 aliphatic rings. The number of nitrogens with zero attached hydrogens (tertiary/aromatic N) is 3. The number of hydrogen-bond donors (Lipinski definition) is 1. The number of nitrogens with one attached hydrogen (secondary N) is 1. The summed E-state index contributed by atoms with van der Waals surface area (Å²) in [5.41, 5.74) is 0. The second-order valence-corrected chi connectivity index (χ2v) is 6.50. The minimum absolute atomic E-state index is 0.736. The molecule has 0 aromatic carbocycles. The van der Waals surface area contributed by atoms with Crippen LogP contribution in [-0.2, 0) is 6.54 Å². The highest BCUT2D eigenvalue weighted by Crippen LogP contribution is 2.17. The molecule has 0 spiro atoms. The molecule has 0 bridgehead atoms. The predicted molar refractivity (Wildman–Crippen MR) is 81.6 cm³/mol. The minimum Gasteiger partial charge on any atom is -0.357 e. The van der Waals surface area contributed by atoms with Crippen LogP contribution in [-0.4, -0.2) is 35.5 Å². The van der Waals surface area contributed by atoms with Crippen molar-refractivity contribution in [3.8, 4) is 0 Å². The van der Waals surface area contributed by atoms with E-state index in [2.05, 4.69) is 29.0 Å². The SMILES string of the molecule is CCNC(=NCc1cnc(C)s1)N1CCC(C)CC1. The quantitative estimate of drug-likeness (QED) is 0.683. The lowest BCUT2D eigenvalue weighted by Crippen LogP contribution is -2.45. The zero-order chi connectivity index (χ0) is 13.7. The molecule has 19 heavy (non-hydrogen) atoms. The molecule has 0 amide bonds. The topological polar surface area (TPSA) is 40.5 Å². The van der Waals surface area contributed by atoms with Crippen LogP contribution in [0.3, 0.4) is 0 Å². The van der Waals surface area contributed by atoms with E-state index >= 15 is 0 Å². The van der Waals surface area contributed by atoms with Gasteiger partial charge in [0.1, 0.15) is 0 Å². The van der Waals surface area contributed by atoms with Crippen molar-refractivity contribution in [2.75, 3.05) is 19.6 Å². The Bertz CT molecular complexity index is 419. The summed E-state index contributed by atoms with van der Waals surface area (Å²) in [6.07, 6.45) is 4.47. The number of aromatic nitrogens is 1. The van der Waals surface area contributed by atoms with Gasteiger partial charge in [-0.25, -0.2) is 9.98 Å². The fraction of sp³-hybridized carbons (Fsp3) is 0.714. The Morgan fingerprint density at radius 3 is 2.84 bits per heavy atom. The number of rotatable bonds is 3. The van der Waals surface area contributed by atoms with Crippen LogP contribution in [0.2, 0.25) is 0 Å². The van der Waals surface area contributed by atoms with Crippen LogP contribution in [0.15, 0.2) is 11.2 Å². The molecule has 0 unspecified atom stereocenters. The molecular formula is C14H24N4S. The Morgan fingerprint density at radius 2 is 2.26 bits per heavy atom. The Morgan fingerprint density at radius 1 is 1.53 bits per heavy atom. The summed E-state index contributed by atoms with van der Waals surface area (Å²) in [5.74, 6) is 1.91. The van der Waals surface area contributed by atoms with Gasteiger partial charge in [-0.15, -0.1) is 11.3 Å². The van der Waals surface area contributed by atoms with Crippen LogP contribution in [0.1, 0.15) is 36.6 Å². The molecular weight excluding hydrogens is 256 g/mol. The van der Waals surface area contributed by atoms with Gasteiger partial charge >= 0.3 is 0 Å². The summed E-state index contributed by atoms with van der Waals surface area (Å²) in [4.78, 5) is 12.6. The smallest absolute Gasteiger partial charge is 0.194 e. The number of piperidine rings is 1. The molecule has 2 rings (SSSR count). The van der Waals surface area contributed by atoms with Gasteiger partial charge < -0.3 is 10.2 Å². The Kier molecular flexibility index (Phi) is 5.19. The van der Waals surface area contributed by atoms with Gasteiger partial charge in [0.25, 0.3) is 0 Å². The van der Waals surface area contributed by atoms with Gasteiger partial charge in [-0.2, -0.15) is 0 Å². The highest BCUT2D eigenvalue weighted by atomic mass is 32.1. The lowest BCUT2D eigenvalue weighted by molar-refractivity contribution is 0.273. The largest absolute Gasteiger partial charge is 0.357 e. The van der Waals surface area contributed by atoms with E-state index in [0.717, 1.165) is 43.1 Å². The van der Waals surface area contributed by atoms with E-state index < -0.39 is 0 Å². The van der Waals surface area contributed by atoms with E-state index in [1.165, 1.54) is 17.7 Å². The van der Waals surface area contributed by atoms with Gasteiger partial charge in [0, 0.05) is 30.7 Å². The van der Waals surface area contributed by atoms with Crippen LogP contribution in [0.25, 0.3) is 0 Å². The van der Waals surface area contributed by atoms with E-state index in [-0.39, 0.29) is 0 Å². The van der Waals surface area contributed by atoms with Crippen molar-refractivity contribution in [3.63, 3.8) is 0 Å². The van der Waals surface area contributed by atoms with Crippen LogP contribution < -0.4 is 5.32 Å². The van der Waals surface area contributed by atoms with Crippen molar-refractivity contribution < 1.29 is 0 Å². The average molecular weight is 280 g/mol. The van der Waals surface area contributed by atoms with E-state index in [1.807, 2.05) is 13.1 Å². The molecule has 1 aromatic rings. The summed E-state index contributed by atoms with van der Waals surface area (Å²) >= 11 is 1.73. The van der Waals surface area contributed by atoms with Crippen molar-refractivity contribution >= 4 is 17.3 Å². The first kappa shape index (κ1) is 14.3. The lowest BCUT2D eigenvalue weighted by Gasteiger charge is -2.32. The van der Waals surface area contributed by atoms with E-state index in [1.54, 1.807) is 11.3 Å². The van der Waals surface area contributed by atoms with Crippen molar-refractivity contribution in [1.29, 1.82) is 0 Å². The van der Waals surface area contributed by atoms with Crippen molar-refractivity contribution in [2.24, 2.45) is 10.9 Å². The zero-order valence-electron chi connectivity index (χ0n) is 12.1. The van der Waals surface area contributed by atoms with Crippen molar-refractivity contribution in [2.45, 2.75) is 40.2 Å². The number of thiazole rings is 1. The van der Waals surface area contributed by atoms with Crippen LogP contribution >= 0.6 is 11.3 Å². The van der Waals surface area contributed by atoms with Crippen molar-refractivity contribution in [3.05, 3.63) is 16.1 Å². The normalized spacial score (nSPS) is 17.8. The standard InChI is InChI=1S/C14H24N4S/c1-4-15-14(18-7-5-11(2)6-8-18)17-10-13-9-16-12(3)19-13/h9,11H,4-8,10H2,1-3H3,(H,15,17). The number of aryl methyl sites for hydroxylation is 1. The van der Waals surface area contributed by atoms with Crippen LogP contribution in [0.5, 0.6) is 0 Å². The number of hydrogen-bond acceptors (Lipinski definition) is 3. The Balaban J connectivity index is 1.98. The summed E-state index contributed by atoms with van der Waals surface area (Å²) in [6.45, 7) is 10.4. The lowest BCUT2D eigenvalue weighted by atomic mass is 10.00. The maximum Gasteiger partial charge on any atom is 0.194 e. The molecule has 2 heterocycles. The second-order valence-electron chi connectivity index (χ2n) is 5.19. The van der Waals surface area contributed by atoms with Gasteiger partial charge in [-0.3, -0.25) is 0 Å². The first-order valence-electron chi connectivity index (χ1n) is 7.13. The third kappa shape index (κ3) is 4.20. The molecule has 0 saturated carbocycles. The molecule has 1 aromatic heterocycles. The molecule has 4 nitrogen and oxygen atoms in total. The van der Waals surface area contributed by atoms with Gasteiger partial charge in [-0.1, -0.05) is 6.92 Å². The molecule has 0 aliphatic carbocycles. The van der Waals surface area contributed by atoms with Gasteiger partial charge in [-0.05, 0) is 32.6 Å². The molecule has 0 radical (unpaired) electrons. The van der Waals surface area contributed by atoms with Crippen LogP contribution in [0.4, 0.5) is 0 Å². The third-order valence-corrected chi connectivity index (χ3v) is 4.37. The van der Waals surface area contributed by atoms with E-state index in [0.29, 0.717) is 0 Å². The summed E-state index contributed by atoms with van der Waals surface area (Å²) < 4.78 is 0. The molecule has 0 atom stereocenters. The Labute approximate surface area is 120 Å². The number of aliphatic imine (C=N–C) groups is 1. The fourth-order valence-corrected chi connectivity index (χ4v) is 3.00. The number of guanidine groups is 1. The first-order valence-corrected chi connectivity index (χ1v) is 7.95. The van der Waals surface area contributed by atoms with E-state index in [4.69, 9.17) is 4.99 Å². The average Bonchev–Trinajstić information content (AvgIpc) is 2.81. The third-order valence-electron chi connectivity index (χ3n) is 3.47. The minimum atomic E-state index is 0.736. The zero-order valence-corrected chi connectivity index (χ0v) is 13.0. The van der Waals surface area contributed by atoms with Crippen LogP contribution in [0, 0.1) is 12.8 Å². The molecule has 1 fully saturated rings. The molecule has 1 aliphatic heterocycles. The Hall–Kier alpha value is -1.10. The maximum atomic E-state index is 4.75. The number of likely N-dealkylation sites (tertiary alicyclic amines) is 1. The van der Waals surface area contributed by atoms with Crippen molar-refractivity contribution in [1.82, 2.24) is 15.2 Å². The highest BCUT2D eigenvalue weighted by molar-refractivity contribution is 7.11. The molecule has 1 N–H and O–H groups in total. The van der Waals surface area contributed by atoms with Gasteiger partial charge in [0.2, 0.25) is 0 Å². The predicted octanol–water partition coefficient (Wildman–Crippen LogP) is 2.65. The van der Waals surface area contributed by atoms with Gasteiger partial charge in [0.15, 0.2) is 5.96 Å². The molecule has 106 valence electrons. The second kappa shape index (κ2) is 6.89. The molecule has 1 saturated heterocycles. The summed E-state index contributed by atoms with van der Waals surface area (Å²) in [5, 5.41) is 4.52. The highest BCUT2D eigenvalue weighted by Gasteiger charge is 2.18. The fourth-order valence-electron chi connectivity index (χ4n) is 2.28. The molecule has 5 heteroatoms. The summed E-state index contributed by atoms with van der Waals surface area (Å²) in [7, 11) is 0. The van der Waals surface area contributed by atoms with E-state index in [9.17, 15) is 0 Å². The maximum absolute atomic E-state index is 4.75. The monoisotopic (exact) mass is 280 g/mol. The van der Waals surface area contributed by atoms with Gasteiger partial charge in [0.05, 0.1) is 11.6 Å². The summed E-state index contributed by atoms with van der Waals surface area (Å²) in [6, 6.07) is 0. The first-order chi connectivity index (χ1) is 9.19.